The molecule has 0 aliphatic carbocycles. The smallest absolute Gasteiger partial charge is 0.220 e. The summed E-state index contributed by atoms with van der Waals surface area (Å²) in [6, 6.07) is 18.7. The van der Waals surface area contributed by atoms with Gasteiger partial charge in [-0.3, -0.25) is 4.90 Å². The highest BCUT2D eigenvalue weighted by atomic mass is 16.5. The first-order valence-corrected chi connectivity index (χ1v) is 9.76. The number of nitrogen functional groups attached to an aromatic ring is 1. The van der Waals surface area contributed by atoms with Crippen LogP contribution in [0, 0.1) is 0 Å². The number of methoxy groups -OCH3 is 1. The van der Waals surface area contributed by atoms with Crippen molar-refractivity contribution in [3.05, 3.63) is 72.1 Å². The molecule has 5 nitrogen and oxygen atoms in total. The maximum Gasteiger partial charge on any atom is 0.220 e. The van der Waals surface area contributed by atoms with Crippen molar-refractivity contribution in [1.29, 1.82) is 0 Å². The van der Waals surface area contributed by atoms with Gasteiger partial charge < -0.3 is 10.5 Å². The first-order valence-electron chi connectivity index (χ1n) is 9.76. The minimum Gasteiger partial charge on any atom is -0.497 e. The molecule has 1 unspecified atom stereocenters. The summed E-state index contributed by atoms with van der Waals surface area (Å²) in [5.74, 6) is 1.53. The maximum atomic E-state index is 5.96. The van der Waals surface area contributed by atoms with Gasteiger partial charge in [0.25, 0.3) is 0 Å². The van der Waals surface area contributed by atoms with Crippen LogP contribution in [0.4, 0.5) is 5.95 Å². The number of ether oxygens (including phenoxy) is 1. The Morgan fingerprint density at radius 2 is 1.89 bits per heavy atom. The van der Waals surface area contributed by atoms with E-state index in [4.69, 9.17) is 10.5 Å². The minimum atomic E-state index is 0.340. The summed E-state index contributed by atoms with van der Waals surface area (Å²) < 4.78 is 5.28. The van der Waals surface area contributed by atoms with Crippen molar-refractivity contribution in [2.24, 2.45) is 0 Å². The third-order valence-corrected chi connectivity index (χ3v) is 5.38. The van der Waals surface area contributed by atoms with Crippen LogP contribution < -0.4 is 10.5 Å². The summed E-state index contributed by atoms with van der Waals surface area (Å²) in [4.78, 5) is 11.4. The Labute approximate surface area is 166 Å². The van der Waals surface area contributed by atoms with Crippen molar-refractivity contribution in [3.63, 3.8) is 0 Å². The summed E-state index contributed by atoms with van der Waals surface area (Å²) in [6.45, 7) is 3.06. The van der Waals surface area contributed by atoms with Crippen LogP contribution >= 0.6 is 0 Å². The lowest BCUT2D eigenvalue weighted by molar-refractivity contribution is 0.198. The van der Waals surface area contributed by atoms with Gasteiger partial charge in [-0.25, -0.2) is 9.97 Å². The molecule has 0 bridgehead atoms. The number of hydrogen-bond donors (Lipinski definition) is 1. The predicted molar refractivity (Wildman–Crippen MR) is 112 cm³/mol. The minimum absolute atomic E-state index is 0.340. The quantitative estimate of drug-likeness (QED) is 0.728. The van der Waals surface area contributed by atoms with Crippen LogP contribution in [0.2, 0.25) is 0 Å². The highest BCUT2D eigenvalue weighted by Gasteiger charge is 2.25. The van der Waals surface area contributed by atoms with E-state index in [2.05, 4.69) is 57.3 Å². The Kier molecular flexibility index (Phi) is 5.53. The van der Waals surface area contributed by atoms with Gasteiger partial charge in [0.2, 0.25) is 5.95 Å². The molecule has 1 fully saturated rings. The highest BCUT2D eigenvalue weighted by molar-refractivity contribution is 5.67. The average molecular weight is 374 g/mol. The molecule has 28 heavy (non-hydrogen) atoms. The molecule has 1 aromatic heterocycles. The van der Waals surface area contributed by atoms with Gasteiger partial charge in [0, 0.05) is 30.8 Å². The third-order valence-electron chi connectivity index (χ3n) is 5.38. The second-order valence-corrected chi connectivity index (χ2v) is 7.32. The molecule has 5 heteroatoms. The van der Waals surface area contributed by atoms with Gasteiger partial charge in [-0.1, -0.05) is 42.5 Å². The van der Waals surface area contributed by atoms with Crippen molar-refractivity contribution in [3.8, 4) is 16.9 Å². The summed E-state index contributed by atoms with van der Waals surface area (Å²) in [5, 5.41) is 0. The predicted octanol–water partition coefficient (Wildman–Crippen LogP) is 4.11. The van der Waals surface area contributed by atoms with Crippen LogP contribution in [-0.2, 0) is 6.54 Å². The van der Waals surface area contributed by atoms with E-state index in [1.54, 1.807) is 7.11 Å². The SMILES string of the molecule is COc1ccc(-c2cnc(N)nc2C2CCCN(Cc3ccccc3)C2)cc1. The Morgan fingerprint density at radius 1 is 1.11 bits per heavy atom. The van der Waals surface area contributed by atoms with Crippen LogP contribution in [0.25, 0.3) is 11.1 Å². The van der Waals surface area contributed by atoms with E-state index >= 15 is 0 Å². The number of nitrogens with zero attached hydrogens (tertiary/aromatic N) is 3. The zero-order valence-corrected chi connectivity index (χ0v) is 16.2. The number of aromatic nitrogens is 2. The number of piperidine rings is 1. The molecule has 2 N–H and O–H groups in total. The number of anilines is 1. The Bertz CT molecular complexity index is 912. The highest BCUT2D eigenvalue weighted by Crippen LogP contribution is 2.34. The van der Waals surface area contributed by atoms with Crippen molar-refractivity contribution in [1.82, 2.24) is 14.9 Å². The van der Waals surface area contributed by atoms with Crippen molar-refractivity contribution < 1.29 is 4.74 Å². The Hall–Kier alpha value is -2.92. The second kappa shape index (κ2) is 8.40. The van der Waals surface area contributed by atoms with E-state index in [1.807, 2.05) is 18.3 Å². The van der Waals surface area contributed by atoms with Crippen molar-refractivity contribution in [2.75, 3.05) is 25.9 Å². The molecule has 0 amide bonds. The van der Waals surface area contributed by atoms with Crippen molar-refractivity contribution in [2.45, 2.75) is 25.3 Å². The van der Waals surface area contributed by atoms with Gasteiger partial charge in [-0.05, 0) is 42.6 Å². The average Bonchev–Trinajstić information content (AvgIpc) is 2.75. The van der Waals surface area contributed by atoms with E-state index < -0.39 is 0 Å². The van der Waals surface area contributed by atoms with Crippen LogP contribution in [0.15, 0.2) is 60.8 Å². The lowest BCUT2D eigenvalue weighted by Gasteiger charge is -2.33. The van der Waals surface area contributed by atoms with Crippen LogP contribution in [0.1, 0.15) is 30.0 Å². The van der Waals surface area contributed by atoms with Gasteiger partial charge in [-0.15, -0.1) is 0 Å². The molecule has 1 aliphatic heterocycles. The van der Waals surface area contributed by atoms with E-state index in [9.17, 15) is 0 Å². The van der Waals surface area contributed by atoms with E-state index in [0.717, 1.165) is 55.0 Å². The topological polar surface area (TPSA) is 64.3 Å². The lowest BCUT2D eigenvalue weighted by atomic mass is 9.89. The molecule has 0 saturated carbocycles. The molecule has 3 aromatic rings. The molecular formula is C23H26N4O. The van der Waals surface area contributed by atoms with Gasteiger partial charge in [0.05, 0.1) is 12.8 Å². The summed E-state index contributed by atoms with van der Waals surface area (Å²) in [7, 11) is 1.68. The molecule has 1 saturated heterocycles. The Balaban J connectivity index is 1.59. The number of nitrogens with two attached hydrogens (primary N) is 1. The molecule has 0 radical (unpaired) electrons. The summed E-state index contributed by atoms with van der Waals surface area (Å²) in [6.07, 6.45) is 4.13. The Morgan fingerprint density at radius 3 is 2.64 bits per heavy atom. The largest absolute Gasteiger partial charge is 0.497 e. The zero-order valence-electron chi connectivity index (χ0n) is 16.2. The van der Waals surface area contributed by atoms with Crippen LogP contribution in [0.3, 0.4) is 0 Å². The molecule has 144 valence electrons. The molecule has 1 atom stereocenters. The normalized spacial score (nSPS) is 17.4. The fourth-order valence-electron chi connectivity index (χ4n) is 3.98. The molecular weight excluding hydrogens is 348 g/mol. The number of hydrogen-bond acceptors (Lipinski definition) is 5. The summed E-state index contributed by atoms with van der Waals surface area (Å²) in [5.41, 5.74) is 10.5. The van der Waals surface area contributed by atoms with Gasteiger partial charge in [0.1, 0.15) is 5.75 Å². The van der Waals surface area contributed by atoms with Gasteiger partial charge in [-0.2, -0.15) is 0 Å². The molecule has 1 aliphatic rings. The molecule has 2 aromatic carbocycles. The fraction of sp³-hybridized carbons (Fsp3) is 0.304. The number of benzene rings is 2. The van der Waals surface area contributed by atoms with Crippen LogP contribution in [-0.4, -0.2) is 35.1 Å². The molecule has 0 spiro atoms. The standard InChI is InChI=1S/C23H26N4O/c1-28-20-11-9-18(10-12-20)21-14-25-23(24)26-22(21)19-8-5-13-27(16-19)15-17-6-3-2-4-7-17/h2-4,6-7,9-12,14,19H,5,8,13,15-16H2,1H3,(H2,24,25,26). The number of rotatable bonds is 5. The monoisotopic (exact) mass is 374 g/mol. The second-order valence-electron chi connectivity index (χ2n) is 7.32. The molecule has 2 heterocycles. The van der Waals surface area contributed by atoms with E-state index in [1.165, 1.54) is 5.56 Å². The van der Waals surface area contributed by atoms with Gasteiger partial charge in [0.15, 0.2) is 0 Å². The first-order chi connectivity index (χ1) is 13.7. The summed E-state index contributed by atoms with van der Waals surface area (Å²) >= 11 is 0. The fourth-order valence-corrected chi connectivity index (χ4v) is 3.98. The van der Waals surface area contributed by atoms with Gasteiger partial charge >= 0.3 is 0 Å². The first kappa shape index (κ1) is 18.4. The van der Waals surface area contributed by atoms with Crippen molar-refractivity contribution >= 4 is 5.95 Å². The van der Waals surface area contributed by atoms with Crippen LogP contribution in [0.5, 0.6) is 5.75 Å². The van der Waals surface area contributed by atoms with E-state index in [-0.39, 0.29) is 0 Å². The molecule has 4 rings (SSSR count). The maximum absolute atomic E-state index is 5.96. The third kappa shape index (κ3) is 4.15. The zero-order chi connectivity index (χ0) is 19.3. The van der Waals surface area contributed by atoms with E-state index in [0.29, 0.717) is 11.9 Å². The number of likely N-dealkylation sites (tertiary alicyclic amines) is 1. The lowest BCUT2D eigenvalue weighted by Crippen LogP contribution is -2.34.